The lowest BCUT2D eigenvalue weighted by Crippen LogP contribution is -2.31. The van der Waals surface area contributed by atoms with Crippen molar-refractivity contribution in [2.24, 2.45) is 0 Å². The van der Waals surface area contributed by atoms with Gasteiger partial charge in [-0.05, 0) is 5.56 Å². The van der Waals surface area contributed by atoms with Crippen molar-refractivity contribution in [1.29, 1.82) is 0 Å². The molecule has 0 amide bonds. The molecule has 3 rings (SSSR count). The molecule has 9 nitrogen and oxygen atoms in total. The van der Waals surface area contributed by atoms with Gasteiger partial charge in [0.1, 0.15) is 18.3 Å². The number of fused-ring (bicyclic) bond motifs is 1. The SMILES string of the molecule is COc1ncnc2c1c(OS(=O)(=O)C(F)(F)F)cc(=O)n2OCc1ccccc1. The smallest absolute Gasteiger partial charge is 0.480 e. The summed E-state index contributed by atoms with van der Waals surface area (Å²) in [5.41, 5.74) is -6.37. The summed E-state index contributed by atoms with van der Waals surface area (Å²) in [5, 5.41) is -0.393. The first-order chi connectivity index (χ1) is 13.6. The van der Waals surface area contributed by atoms with Gasteiger partial charge in [0, 0.05) is 0 Å². The monoisotopic (exact) mass is 431 g/mol. The molecule has 29 heavy (non-hydrogen) atoms. The van der Waals surface area contributed by atoms with Crippen LogP contribution in [0.15, 0.2) is 47.5 Å². The highest BCUT2D eigenvalue weighted by Crippen LogP contribution is 2.33. The van der Waals surface area contributed by atoms with Crippen molar-refractivity contribution in [1.82, 2.24) is 14.7 Å². The van der Waals surface area contributed by atoms with Crippen LogP contribution >= 0.6 is 0 Å². The Balaban J connectivity index is 2.14. The van der Waals surface area contributed by atoms with Gasteiger partial charge in [0.05, 0.1) is 13.2 Å². The normalized spacial score (nSPS) is 12.0. The van der Waals surface area contributed by atoms with E-state index < -0.39 is 32.3 Å². The molecule has 1 aromatic carbocycles. The van der Waals surface area contributed by atoms with Crippen LogP contribution in [-0.4, -0.2) is 35.7 Å². The van der Waals surface area contributed by atoms with E-state index in [0.717, 1.165) is 13.4 Å². The first-order valence-electron chi connectivity index (χ1n) is 7.77. The second kappa shape index (κ2) is 7.58. The van der Waals surface area contributed by atoms with Gasteiger partial charge in [-0.2, -0.15) is 21.6 Å². The van der Waals surface area contributed by atoms with E-state index in [1.807, 2.05) is 0 Å². The highest BCUT2D eigenvalue weighted by atomic mass is 32.2. The van der Waals surface area contributed by atoms with E-state index in [1.165, 1.54) is 0 Å². The number of ether oxygens (including phenoxy) is 1. The summed E-state index contributed by atoms with van der Waals surface area (Å²) >= 11 is 0. The van der Waals surface area contributed by atoms with Crippen LogP contribution in [0.2, 0.25) is 0 Å². The molecule has 0 unspecified atom stereocenters. The van der Waals surface area contributed by atoms with Crippen LogP contribution in [0, 0.1) is 0 Å². The first-order valence-corrected chi connectivity index (χ1v) is 9.17. The number of pyridine rings is 1. The molecule has 3 aromatic rings. The third-order valence-electron chi connectivity index (χ3n) is 3.57. The Hall–Kier alpha value is -3.35. The van der Waals surface area contributed by atoms with Crippen LogP contribution in [0.25, 0.3) is 11.0 Å². The van der Waals surface area contributed by atoms with Gasteiger partial charge in [0.15, 0.2) is 11.4 Å². The Morgan fingerprint density at radius 2 is 1.83 bits per heavy atom. The molecule has 0 atom stereocenters. The van der Waals surface area contributed by atoms with Crippen LogP contribution in [0.4, 0.5) is 13.2 Å². The molecule has 13 heteroatoms. The van der Waals surface area contributed by atoms with Gasteiger partial charge in [-0.25, -0.2) is 9.97 Å². The zero-order valence-corrected chi connectivity index (χ0v) is 15.4. The van der Waals surface area contributed by atoms with Crippen molar-refractivity contribution in [3.8, 4) is 11.6 Å². The summed E-state index contributed by atoms with van der Waals surface area (Å²) < 4.78 is 70.7. The van der Waals surface area contributed by atoms with Gasteiger partial charge >= 0.3 is 15.6 Å². The average Bonchev–Trinajstić information content (AvgIpc) is 2.66. The highest BCUT2D eigenvalue weighted by molar-refractivity contribution is 7.88. The molecule has 0 saturated carbocycles. The number of aromatic nitrogens is 3. The zero-order valence-electron chi connectivity index (χ0n) is 14.6. The quantitative estimate of drug-likeness (QED) is 0.428. The Labute approximate surface area is 161 Å². The number of halogens is 3. The molecule has 0 saturated heterocycles. The summed E-state index contributed by atoms with van der Waals surface area (Å²) in [7, 11) is -4.91. The molecule has 0 aliphatic heterocycles. The largest absolute Gasteiger partial charge is 0.534 e. The average molecular weight is 431 g/mol. The van der Waals surface area contributed by atoms with Gasteiger partial charge < -0.3 is 13.8 Å². The Kier molecular flexibility index (Phi) is 5.33. The van der Waals surface area contributed by atoms with E-state index in [4.69, 9.17) is 9.57 Å². The number of hydrogen-bond donors (Lipinski definition) is 0. The van der Waals surface area contributed by atoms with Crippen molar-refractivity contribution >= 4 is 21.2 Å². The predicted octanol–water partition coefficient (Wildman–Crippen LogP) is 1.66. The van der Waals surface area contributed by atoms with E-state index in [2.05, 4.69) is 14.2 Å². The summed E-state index contributed by atoms with van der Waals surface area (Å²) in [5.74, 6) is -1.27. The van der Waals surface area contributed by atoms with Crippen LogP contribution in [0.3, 0.4) is 0 Å². The molecule has 0 aliphatic rings. The van der Waals surface area contributed by atoms with Crippen molar-refractivity contribution in [3.05, 3.63) is 58.6 Å². The minimum absolute atomic E-state index is 0.0801. The number of nitrogens with zero attached hydrogens (tertiary/aromatic N) is 3. The lowest BCUT2D eigenvalue weighted by atomic mass is 10.2. The maximum absolute atomic E-state index is 12.7. The molecule has 0 aliphatic carbocycles. The Morgan fingerprint density at radius 1 is 1.14 bits per heavy atom. The van der Waals surface area contributed by atoms with Crippen LogP contribution < -0.4 is 19.3 Å². The van der Waals surface area contributed by atoms with Gasteiger partial charge in [-0.1, -0.05) is 30.3 Å². The van der Waals surface area contributed by atoms with E-state index >= 15 is 0 Å². The standard InChI is InChI=1S/C16H12F3N3O6S/c1-26-15-13-11(28-29(24,25)16(17,18)19)7-12(23)22(14(13)20-9-21-15)27-8-10-5-3-2-4-6-10/h2-7,9H,8H2,1H3. The van der Waals surface area contributed by atoms with Gasteiger partial charge in [0.25, 0.3) is 5.56 Å². The molecule has 0 N–H and O–H groups in total. The third-order valence-corrected chi connectivity index (χ3v) is 4.53. The molecule has 0 spiro atoms. The predicted molar refractivity (Wildman–Crippen MR) is 92.7 cm³/mol. The second-order valence-electron chi connectivity index (χ2n) is 5.46. The molecule has 0 radical (unpaired) electrons. The van der Waals surface area contributed by atoms with E-state index in [0.29, 0.717) is 16.4 Å². The maximum Gasteiger partial charge on any atom is 0.534 e. The van der Waals surface area contributed by atoms with E-state index in [1.54, 1.807) is 30.3 Å². The van der Waals surface area contributed by atoms with Gasteiger partial charge in [-0.15, -0.1) is 4.73 Å². The Bertz CT molecular complexity index is 1200. The summed E-state index contributed by atoms with van der Waals surface area (Å²) in [6.07, 6.45) is 0.963. The third kappa shape index (κ3) is 4.08. The number of rotatable bonds is 6. The minimum atomic E-state index is -6.05. The lowest BCUT2D eigenvalue weighted by molar-refractivity contribution is -0.0499. The number of benzene rings is 1. The van der Waals surface area contributed by atoms with Gasteiger partial charge in [-0.3, -0.25) is 4.79 Å². The highest BCUT2D eigenvalue weighted by Gasteiger charge is 2.49. The number of alkyl halides is 3. The molecule has 0 bridgehead atoms. The van der Waals surface area contributed by atoms with E-state index in [-0.39, 0.29) is 18.1 Å². The van der Waals surface area contributed by atoms with Crippen LogP contribution in [-0.2, 0) is 16.7 Å². The molecule has 154 valence electrons. The summed E-state index contributed by atoms with van der Waals surface area (Å²) in [6.45, 7) is -0.0801. The van der Waals surface area contributed by atoms with Crippen molar-refractivity contribution in [2.75, 3.05) is 7.11 Å². The van der Waals surface area contributed by atoms with E-state index in [9.17, 15) is 26.4 Å². The topological polar surface area (TPSA) is 110 Å². The van der Waals surface area contributed by atoms with Crippen molar-refractivity contribution < 1.29 is 35.3 Å². The molecular formula is C16H12F3N3O6S. The minimum Gasteiger partial charge on any atom is -0.480 e. The van der Waals surface area contributed by atoms with Crippen molar-refractivity contribution in [2.45, 2.75) is 12.1 Å². The lowest BCUT2D eigenvalue weighted by Gasteiger charge is -2.15. The fourth-order valence-corrected chi connectivity index (χ4v) is 2.76. The fourth-order valence-electron chi connectivity index (χ4n) is 2.30. The number of hydrogen-bond acceptors (Lipinski definition) is 8. The number of methoxy groups -OCH3 is 1. The molecule has 2 aromatic heterocycles. The molecular weight excluding hydrogens is 419 g/mol. The Morgan fingerprint density at radius 3 is 2.45 bits per heavy atom. The van der Waals surface area contributed by atoms with Crippen LogP contribution in [0.5, 0.6) is 11.6 Å². The fraction of sp³-hybridized carbons (Fsp3) is 0.188. The summed E-state index contributed by atoms with van der Waals surface area (Å²) in [6, 6.07) is 9.21. The maximum atomic E-state index is 12.7. The second-order valence-corrected chi connectivity index (χ2v) is 7.00. The first kappa shape index (κ1) is 20.4. The zero-order chi connectivity index (χ0) is 21.2. The summed E-state index contributed by atoms with van der Waals surface area (Å²) in [4.78, 5) is 25.3. The molecule has 2 heterocycles. The van der Waals surface area contributed by atoms with Crippen molar-refractivity contribution in [3.63, 3.8) is 0 Å². The molecule has 0 fully saturated rings. The van der Waals surface area contributed by atoms with Crippen LogP contribution in [0.1, 0.15) is 5.56 Å². The van der Waals surface area contributed by atoms with Gasteiger partial charge in [0.2, 0.25) is 5.88 Å².